The van der Waals surface area contributed by atoms with E-state index < -0.39 is 30.4 Å². The predicted octanol–water partition coefficient (Wildman–Crippen LogP) is 4.05. The minimum atomic E-state index is -1.13. The third kappa shape index (κ3) is 8.50. The number of nitrogens with zero attached hydrogens (tertiary/aromatic N) is 6. The summed E-state index contributed by atoms with van der Waals surface area (Å²) >= 11 is 0. The molecule has 5 aromatic rings. The summed E-state index contributed by atoms with van der Waals surface area (Å²) in [7, 11) is 2.74. The van der Waals surface area contributed by atoms with E-state index in [2.05, 4.69) is 40.7 Å². The molecule has 3 aromatic heterocycles. The van der Waals surface area contributed by atoms with Gasteiger partial charge < -0.3 is 45.0 Å². The summed E-state index contributed by atoms with van der Waals surface area (Å²) in [6, 6.07) is 14.8. The zero-order valence-corrected chi connectivity index (χ0v) is 31.8. The summed E-state index contributed by atoms with van der Waals surface area (Å²) in [5, 5.41) is 12.8. The number of benzene rings is 2. The second-order valence-electron chi connectivity index (χ2n) is 14.0. The number of likely N-dealkylation sites (tertiary alicyclic amines) is 2. The van der Waals surface area contributed by atoms with Crippen LogP contribution in [-0.2, 0) is 30.2 Å². The average Bonchev–Trinajstić information content (AvgIpc) is 4.08. The van der Waals surface area contributed by atoms with Crippen LogP contribution in [0.25, 0.3) is 33.6 Å². The Morgan fingerprint density at radius 3 is 1.82 bits per heavy atom. The molecule has 0 spiro atoms. The number of nitrogens with two attached hydrogens (primary N) is 1. The number of aromatic amines is 3. The van der Waals surface area contributed by atoms with Gasteiger partial charge in [0.15, 0.2) is 6.10 Å². The molecule has 7 rings (SSSR count). The summed E-state index contributed by atoms with van der Waals surface area (Å²) in [6.07, 6.45) is 4.67. The number of H-pyrrole nitrogens is 3. The number of aromatic nitrogens is 7. The standard InChI is InChI=1S/C39H45N11O7/c1-22(55-2)33(46-39(54)56-3)37(52)50-17-5-7-31(50)35-42-21-29(45-35)26-14-10-24(11-15-26)23-8-12-25(13-9-23)28-20-41-34(44-28)30-6-4-16-49(30)36(51)32(57-38(40)53)18-27-19-43-48-47-27/h8-15,19-22,30-33H,4-7,16-18H2,1-3H3,(H2,40,53)(H,41,44)(H,42,45)(H,46,54)(H,43,47,48)/t22-,30+,31?,32+,33+/m1/s1. The van der Waals surface area contributed by atoms with Gasteiger partial charge in [-0.1, -0.05) is 53.7 Å². The van der Waals surface area contributed by atoms with Gasteiger partial charge in [0.05, 0.1) is 54.8 Å². The van der Waals surface area contributed by atoms with E-state index in [-0.39, 0.29) is 30.3 Å². The average molecular weight is 780 g/mol. The first-order chi connectivity index (χ1) is 27.6. The van der Waals surface area contributed by atoms with Gasteiger partial charge >= 0.3 is 12.2 Å². The second-order valence-corrected chi connectivity index (χ2v) is 14.0. The van der Waals surface area contributed by atoms with E-state index in [0.717, 1.165) is 52.9 Å². The monoisotopic (exact) mass is 779 g/mol. The van der Waals surface area contributed by atoms with Crippen molar-refractivity contribution >= 4 is 24.0 Å². The molecular weight excluding hydrogens is 734 g/mol. The Hall–Kier alpha value is -6.56. The van der Waals surface area contributed by atoms with Gasteiger partial charge in [-0.25, -0.2) is 19.6 Å². The van der Waals surface area contributed by atoms with Gasteiger partial charge in [0, 0.05) is 32.8 Å². The third-order valence-corrected chi connectivity index (χ3v) is 10.6. The molecule has 2 fully saturated rings. The minimum absolute atomic E-state index is 0.0441. The largest absolute Gasteiger partial charge is 0.453 e. The van der Waals surface area contributed by atoms with Crippen LogP contribution in [0, 0.1) is 0 Å². The number of hydrogen-bond acceptors (Lipinski definition) is 11. The first-order valence-corrected chi connectivity index (χ1v) is 18.7. The van der Waals surface area contributed by atoms with E-state index in [1.807, 2.05) is 48.5 Å². The number of amides is 4. The van der Waals surface area contributed by atoms with Gasteiger partial charge in [-0.2, -0.15) is 0 Å². The normalized spacial score (nSPS) is 18.2. The number of methoxy groups -OCH3 is 2. The molecule has 18 nitrogen and oxygen atoms in total. The molecule has 5 atom stereocenters. The van der Waals surface area contributed by atoms with Crippen molar-refractivity contribution in [3.8, 4) is 33.6 Å². The zero-order chi connectivity index (χ0) is 40.1. The molecule has 0 bridgehead atoms. The van der Waals surface area contributed by atoms with Crippen LogP contribution in [0.5, 0.6) is 0 Å². The van der Waals surface area contributed by atoms with Crippen molar-refractivity contribution in [3.63, 3.8) is 0 Å². The highest BCUT2D eigenvalue weighted by molar-refractivity contribution is 5.87. The summed E-state index contributed by atoms with van der Waals surface area (Å²) in [5.74, 6) is 0.694. The van der Waals surface area contributed by atoms with Gasteiger partial charge in [-0.3, -0.25) is 14.7 Å². The number of imidazole rings is 2. The molecular formula is C39H45N11O7. The SMILES string of the molecule is COC(=O)N[C@H](C(=O)N1CCCC1c1ncc(-c2ccc(-c3ccc(-c4cnc([C@@H]5CCCN5C(=O)[C@H](Cc5c[nH]nn5)OC(N)=O)[nH]4)cc3)cc2)[nH]1)[C@@H](C)OC. The molecule has 57 heavy (non-hydrogen) atoms. The van der Waals surface area contributed by atoms with E-state index >= 15 is 0 Å². The van der Waals surface area contributed by atoms with E-state index in [1.54, 1.807) is 29.1 Å². The lowest BCUT2D eigenvalue weighted by molar-refractivity contribution is -0.141. The van der Waals surface area contributed by atoms with Crippen molar-refractivity contribution in [1.29, 1.82) is 0 Å². The van der Waals surface area contributed by atoms with Crippen molar-refractivity contribution in [2.24, 2.45) is 5.73 Å². The molecule has 298 valence electrons. The van der Waals surface area contributed by atoms with Crippen LogP contribution in [-0.4, -0.2) is 115 Å². The molecule has 2 saturated heterocycles. The Kier molecular flexibility index (Phi) is 11.6. The van der Waals surface area contributed by atoms with Crippen molar-refractivity contribution in [3.05, 3.63) is 84.5 Å². The van der Waals surface area contributed by atoms with Crippen LogP contribution >= 0.6 is 0 Å². The van der Waals surface area contributed by atoms with Crippen molar-refractivity contribution in [2.75, 3.05) is 27.3 Å². The van der Waals surface area contributed by atoms with Gasteiger partial charge in [0.2, 0.25) is 5.91 Å². The fourth-order valence-electron chi connectivity index (χ4n) is 7.52. The number of nitrogens with one attached hydrogen (secondary N) is 4. The molecule has 1 unspecified atom stereocenters. The summed E-state index contributed by atoms with van der Waals surface area (Å²) in [6.45, 7) is 2.75. The minimum Gasteiger partial charge on any atom is -0.453 e. The van der Waals surface area contributed by atoms with Crippen molar-refractivity contribution in [2.45, 2.75) is 69.4 Å². The number of hydrogen-bond donors (Lipinski definition) is 5. The molecule has 5 heterocycles. The lowest BCUT2D eigenvalue weighted by Crippen LogP contribution is -2.54. The van der Waals surface area contributed by atoms with E-state index in [0.29, 0.717) is 36.9 Å². The smallest absolute Gasteiger partial charge is 0.407 e. The number of primary amides is 1. The van der Waals surface area contributed by atoms with Crippen LogP contribution in [0.3, 0.4) is 0 Å². The van der Waals surface area contributed by atoms with Crippen LogP contribution in [0.4, 0.5) is 9.59 Å². The van der Waals surface area contributed by atoms with E-state index in [4.69, 9.17) is 19.9 Å². The van der Waals surface area contributed by atoms with Crippen LogP contribution in [0.15, 0.2) is 67.1 Å². The maximum Gasteiger partial charge on any atom is 0.407 e. The number of rotatable bonds is 13. The molecule has 2 aliphatic rings. The van der Waals surface area contributed by atoms with Crippen molar-refractivity contribution in [1.82, 2.24) is 50.5 Å². The molecule has 0 saturated carbocycles. The Balaban J connectivity index is 0.999. The molecule has 2 aliphatic heterocycles. The number of alkyl carbamates (subject to hydrolysis) is 1. The molecule has 0 radical (unpaired) electrons. The molecule has 4 amide bonds. The fourth-order valence-corrected chi connectivity index (χ4v) is 7.52. The van der Waals surface area contributed by atoms with Crippen LogP contribution in [0.1, 0.15) is 62.0 Å². The first-order valence-electron chi connectivity index (χ1n) is 18.7. The molecule has 0 aliphatic carbocycles. The number of carbonyl (C=O) groups is 4. The highest BCUT2D eigenvalue weighted by Crippen LogP contribution is 2.35. The lowest BCUT2D eigenvalue weighted by Gasteiger charge is -2.30. The summed E-state index contributed by atoms with van der Waals surface area (Å²) in [5.41, 5.74) is 11.3. The predicted molar refractivity (Wildman–Crippen MR) is 205 cm³/mol. The maximum absolute atomic E-state index is 13.6. The Labute approximate surface area is 327 Å². The second kappa shape index (κ2) is 17.1. The number of ether oxygens (including phenoxy) is 3. The van der Waals surface area contributed by atoms with Gasteiger partial charge in [-0.05, 0) is 54.9 Å². The Morgan fingerprint density at radius 2 is 1.35 bits per heavy atom. The van der Waals surface area contributed by atoms with Gasteiger partial charge in [0.1, 0.15) is 17.7 Å². The molecule has 2 aromatic carbocycles. The molecule has 18 heteroatoms. The van der Waals surface area contributed by atoms with Gasteiger partial charge in [-0.15, -0.1) is 5.10 Å². The van der Waals surface area contributed by atoms with Crippen molar-refractivity contribution < 1.29 is 33.4 Å². The van der Waals surface area contributed by atoms with E-state index in [9.17, 15) is 19.2 Å². The Bertz CT molecular complexity index is 2170. The summed E-state index contributed by atoms with van der Waals surface area (Å²) in [4.78, 5) is 70.3. The Morgan fingerprint density at radius 1 is 0.825 bits per heavy atom. The van der Waals surface area contributed by atoms with E-state index in [1.165, 1.54) is 20.4 Å². The zero-order valence-electron chi connectivity index (χ0n) is 31.8. The highest BCUT2D eigenvalue weighted by Gasteiger charge is 2.39. The maximum atomic E-state index is 13.6. The van der Waals surface area contributed by atoms with Crippen LogP contribution in [0.2, 0.25) is 0 Å². The summed E-state index contributed by atoms with van der Waals surface area (Å²) < 4.78 is 15.3. The van der Waals surface area contributed by atoms with Gasteiger partial charge in [0.25, 0.3) is 5.91 Å². The fraction of sp³-hybridized carbons (Fsp3) is 0.385. The topological polar surface area (TPSA) is 239 Å². The quantitative estimate of drug-likeness (QED) is 0.114. The molecule has 6 N–H and O–H groups in total. The highest BCUT2D eigenvalue weighted by atomic mass is 16.6. The lowest BCUT2D eigenvalue weighted by atomic mass is 10.0. The number of carbonyl (C=O) groups excluding carboxylic acids is 4. The van der Waals surface area contributed by atoms with Crippen LogP contribution < -0.4 is 11.1 Å². The third-order valence-electron chi connectivity index (χ3n) is 10.6. The first kappa shape index (κ1) is 38.7.